The van der Waals surface area contributed by atoms with Crippen LogP contribution in [0.1, 0.15) is 44.7 Å². The highest BCUT2D eigenvalue weighted by atomic mass is 35.5. The molecule has 11 nitrogen and oxygen atoms in total. The zero-order valence-corrected chi connectivity index (χ0v) is 27.9. The van der Waals surface area contributed by atoms with Crippen molar-refractivity contribution in [3.63, 3.8) is 0 Å². The largest absolute Gasteiger partial charge is 0.497 e. The molecule has 0 saturated heterocycles. The minimum Gasteiger partial charge on any atom is -0.497 e. The molecule has 0 saturated carbocycles. The molecule has 0 unspecified atom stereocenters. The second-order valence-electron chi connectivity index (χ2n) is 10.4. The summed E-state index contributed by atoms with van der Waals surface area (Å²) in [5, 5.41) is 15.1. The van der Waals surface area contributed by atoms with E-state index >= 15 is 0 Å². The summed E-state index contributed by atoms with van der Waals surface area (Å²) in [5.41, 5.74) is 0.365. The van der Waals surface area contributed by atoms with Crippen molar-refractivity contribution in [1.29, 1.82) is 0 Å². The number of hydrogen-bond acceptors (Lipinski definition) is 7. The molecule has 45 heavy (non-hydrogen) atoms. The summed E-state index contributed by atoms with van der Waals surface area (Å²) in [4.78, 5) is 39.6. The number of benzene rings is 3. The number of methoxy groups -OCH3 is 1. The minimum absolute atomic E-state index is 0.0974. The number of carbonyl (C=O) groups is 2. The molecule has 1 N–H and O–H groups in total. The Hall–Kier alpha value is -3.87. The highest BCUT2D eigenvalue weighted by Crippen LogP contribution is 2.31. The summed E-state index contributed by atoms with van der Waals surface area (Å²) in [5.74, 6) is -0.703. The lowest BCUT2D eigenvalue weighted by atomic mass is 10.1. The molecule has 2 atom stereocenters. The molecule has 0 spiro atoms. The van der Waals surface area contributed by atoms with E-state index in [9.17, 15) is 28.1 Å². The van der Waals surface area contributed by atoms with E-state index in [1.807, 2.05) is 13.8 Å². The van der Waals surface area contributed by atoms with Crippen molar-refractivity contribution >= 4 is 56.4 Å². The molecule has 242 valence electrons. The number of halogens is 2. The third-order valence-electron chi connectivity index (χ3n) is 7.38. The summed E-state index contributed by atoms with van der Waals surface area (Å²) >= 11 is 12.9. The normalized spacial score (nSPS) is 12.6. The lowest BCUT2D eigenvalue weighted by molar-refractivity contribution is -0.385. The molecular formula is C31H36Cl2N4O7S. The van der Waals surface area contributed by atoms with Gasteiger partial charge in [0, 0.05) is 39.8 Å². The molecule has 0 aliphatic carbocycles. The molecule has 3 aromatic carbocycles. The van der Waals surface area contributed by atoms with Gasteiger partial charge in [-0.25, -0.2) is 8.42 Å². The Bertz CT molecular complexity index is 1630. The topological polar surface area (TPSA) is 139 Å². The van der Waals surface area contributed by atoms with E-state index in [0.717, 1.165) is 10.4 Å². The van der Waals surface area contributed by atoms with Crippen LogP contribution in [0.25, 0.3) is 0 Å². The fourth-order valence-corrected chi connectivity index (χ4v) is 6.52. The van der Waals surface area contributed by atoms with E-state index in [-0.39, 0.29) is 50.9 Å². The quantitative estimate of drug-likeness (QED) is 0.160. The van der Waals surface area contributed by atoms with Crippen molar-refractivity contribution in [2.45, 2.75) is 64.1 Å². The van der Waals surface area contributed by atoms with Crippen LogP contribution < -0.4 is 14.4 Å². The molecule has 0 bridgehead atoms. The third-order valence-corrected chi connectivity index (χ3v) is 9.86. The first-order chi connectivity index (χ1) is 21.2. The van der Waals surface area contributed by atoms with Gasteiger partial charge in [-0.1, -0.05) is 49.2 Å². The zero-order chi connectivity index (χ0) is 33.5. The molecule has 0 aromatic heterocycles. The van der Waals surface area contributed by atoms with Gasteiger partial charge in [-0.2, -0.15) is 0 Å². The van der Waals surface area contributed by atoms with Gasteiger partial charge in [-0.3, -0.25) is 24.0 Å². The Labute approximate surface area is 273 Å². The SMILES string of the molecule is CC[C@H](C(=O)N[C@@H](C)CC)N(Cc1c(Cl)cccc1Cl)C(=O)CN(c1ccc(OC)cc1)S(=O)(=O)c1ccc(C)c([N+](=O)[O-])c1. The number of carbonyl (C=O) groups excluding carboxylic acids is 2. The maximum atomic E-state index is 14.3. The van der Waals surface area contributed by atoms with Gasteiger partial charge in [0.1, 0.15) is 18.3 Å². The van der Waals surface area contributed by atoms with Gasteiger partial charge in [0.05, 0.1) is 22.6 Å². The summed E-state index contributed by atoms with van der Waals surface area (Å²) in [6.07, 6.45) is 0.855. The van der Waals surface area contributed by atoms with Crippen LogP contribution in [0.3, 0.4) is 0 Å². The van der Waals surface area contributed by atoms with Gasteiger partial charge in [-0.05, 0) is 69.2 Å². The van der Waals surface area contributed by atoms with Crippen molar-refractivity contribution in [3.8, 4) is 5.75 Å². The Balaban J connectivity index is 2.16. The van der Waals surface area contributed by atoms with Gasteiger partial charge in [0.15, 0.2) is 0 Å². The molecule has 0 fully saturated rings. The Morgan fingerprint density at radius 1 is 1.02 bits per heavy atom. The highest BCUT2D eigenvalue weighted by molar-refractivity contribution is 7.92. The number of amides is 2. The number of nitrogens with one attached hydrogen (secondary N) is 1. The van der Waals surface area contributed by atoms with E-state index in [2.05, 4.69) is 5.32 Å². The molecule has 14 heteroatoms. The van der Waals surface area contributed by atoms with Crippen LogP contribution in [0.5, 0.6) is 5.75 Å². The van der Waals surface area contributed by atoms with Crippen molar-refractivity contribution < 1.29 is 27.7 Å². The molecule has 0 radical (unpaired) electrons. The first kappa shape index (κ1) is 35.6. The van der Waals surface area contributed by atoms with Crippen LogP contribution in [-0.2, 0) is 26.2 Å². The van der Waals surface area contributed by atoms with Crippen molar-refractivity contribution in [1.82, 2.24) is 10.2 Å². The number of nitro groups is 1. The average Bonchev–Trinajstić information content (AvgIpc) is 3.00. The highest BCUT2D eigenvalue weighted by Gasteiger charge is 2.35. The number of ether oxygens (including phenoxy) is 1. The van der Waals surface area contributed by atoms with Gasteiger partial charge in [0.25, 0.3) is 15.7 Å². The van der Waals surface area contributed by atoms with Crippen LogP contribution in [-0.4, -0.2) is 55.8 Å². The van der Waals surface area contributed by atoms with Gasteiger partial charge >= 0.3 is 0 Å². The Morgan fingerprint density at radius 3 is 2.18 bits per heavy atom. The molecule has 2 amide bonds. The number of nitro benzene ring substituents is 1. The first-order valence-electron chi connectivity index (χ1n) is 14.2. The minimum atomic E-state index is -4.55. The number of nitrogens with zero attached hydrogens (tertiary/aromatic N) is 3. The number of hydrogen-bond donors (Lipinski definition) is 1. The maximum Gasteiger partial charge on any atom is 0.273 e. The second-order valence-corrected chi connectivity index (χ2v) is 13.1. The van der Waals surface area contributed by atoms with Gasteiger partial charge < -0.3 is 15.0 Å². The van der Waals surface area contributed by atoms with Crippen LogP contribution in [0.15, 0.2) is 65.6 Å². The lowest BCUT2D eigenvalue weighted by Gasteiger charge is -2.34. The summed E-state index contributed by atoms with van der Waals surface area (Å²) < 4.78 is 34.3. The van der Waals surface area contributed by atoms with Crippen molar-refractivity contribution in [2.24, 2.45) is 0 Å². The van der Waals surface area contributed by atoms with E-state index in [0.29, 0.717) is 17.7 Å². The molecule has 0 heterocycles. The molecule has 0 aliphatic heterocycles. The van der Waals surface area contributed by atoms with E-state index < -0.39 is 39.3 Å². The molecule has 0 aliphatic rings. The average molecular weight is 680 g/mol. The van der Waals surface area contributed by atoms with E-state index in [4.69, 9.17) is 27.9 Å². The number of aryl methyl sites for hydroxylation is 1. The monoisotopic (exact) mass is 678 g/mol. The molecular weight excluding hydrogens is 643 g/mol. The van der Waals surface area contributed by atoms with Crippen molar-refractivity contribution in [2.75, 3.05) is 18.0 Å². The van der Waals surface area contributed by atoms with E-state index in [1.54, 1.807) is 25.1 Å². The Kier molecular flexibility index (Phi) is 12.2. The van der Waals surface area contributed by atoms with Crippen LogP contribution in [0, 0.1) is 17.0 Å². The maximum absolute atomic E-state index is 14.3. The summed E-state index contributed by atoms with van der Waals surface area (Å²) in [6, 6.07) is 13.2. The summed E-state index contributed by atoms with van der Waals surface area (Å²) in [7, 11) is -3.10. The fraction of sp³-hybridized carbons (Fsp3) is 0.355. The second kappa shape index (κ2) is 15.4. The number of anilines is 1. The van der Waals surface area contributed by atoms with Crippen molar-refractivity contribution in [3.05, 3.63) is 92.0 Å². The number of rotatable bonds is 14. The summed E-state index contributed by atoms with van der Waals surface area (Å²) in [6.45, 7) is 6.04. The Morgan fingerprint density at radius 2 is 1.64 bits per heavy atom. The fourth-order valence-electron chi connectivity index (χ4n) is 4.57. The predicted octanol–water partition coefficient (Wildman–Crippen LogP) is 6.14. The standard InChI is InChI=1S/C31H36Cl2N4O7S/c1-6-21(4)34-31(39)28(7-2)35(18-25-26(32)9-8-10-27(25)33)30(38)19-36(22-12-14-23(44-5)15-13-22)45(42,43)24-16-11-20(3)29(17-24)37(40)41/h8-17,21,28H,6-7,18-19H2,1-5H3,(H,34,39)/t21-,28+/m0/s1. The lowest BCUT2D eigenvalue weighted by Crippen LogP contribution is -2.53. The van der Waals surface area contributed by atoms with E-state index in [1.165, 1.54) is 55.3 Å². The third kappa shape index (κ3) is 8.44. The zero-order valence-electron chi connectivity index (χ0n) is 25.6. The van der Waals surface area contributed by atoms with Gasteiger partial charge in [-0.15, -0.1) is 0 Å². The molecule has 3 aromatic rings. The molecule has 3 rings (SSSR count). The van der Waals surface area contributed by atoms with Crippen LogP contribution >= 0.6 is 23.2 Å². The van der Waals surface area contributed by atoms with Gasteiger partial charge in [0.2, 0.25) is 11.8 Å². The predicted molar refractivity (Wildman–Crippen MR) is 174 cm³/mol. The smallest absolute Gasteiger partial charge is 0.273 e. The van der Waals surface area contributed by atoms with Crippen LogP contribution in [0.4, 0.5) is 11.4 Å². The number of sulfonamides is 1. The first-order valence-corrected chi connectivity index (χ1v) is 16.4. The van der Waals surface area contributed by atoms with Crippen LogP contribution in [0.2, 0.25) is 10.0 Å².